The van der Waals surface area contributed by atoms with Crippen molar-refractivity contribution in [2.45, 2.75) is 32.7 Å². The Balaban J connectivity index is 2.03. The zero-order valence-corrected chi connectivity index (χ0v) is 11.4. The minimum Gasteiger partial charge on any atom is -0.368 e. The number of hydrogen-bond donors (Lipinski definition) is 1. The molecule has 94 valence electrons. The second-order valence-electron chi connectivity index (χ2n) is 4.69. The maximum Gasteiger partial charge on any atom is 0.137 e. The van der Waals surface area contributed by atoms with E-state index < -0.39 is 0 Å². The molecule has 0 radical (unpaired) electrons. The highest BCUT2D eigenvalue weighted by atomic mass is 35.5. The van der Waals surface area contributed by atoms with E-state index in [-0.39, 0.29) is 0 Å². The number of aromatic nitrogens is 2. The molecule has 4 nitrogen and oxygen atoms in total. The third kappa shape index (κ3) is 2.87. The predicted octanol–water partition coefficient (Wildman–Crippen LogP) is 2.25. The molecule has 0 amide bonds. The van der Waals surface area contributed by atoms with Gasteiger partial charge in [-0.15, -0.1) is 0 Å². The molecule has 1 atom stereocenters. The van der Waals surface area contributed by atoms with E-state index in [4.69, 9.17) is 11.6 Å². The lowest BCUT2D eigenvalue weighted by Crippen LogP contribution is -2.32. The molecule has 17 heavy (non-hydrogen) atoms. The van der Waals surface area contributed by atoms with E-state index in [2.05, 4.69) is 27.2 Å². The second-order valence-corrected chi connectivity index (χ2v) is 5.05. The van der Waals surface area contributed by atoms with Gasteiger partial charge in [0.05, 0.1) is 0 Å². The van der Waals surface area contributed by atoms with Crippen molar-refractivity contribution in [2.24, 2.45) is 0 Å². The van der Waals surface area contributed by atoms with Crippen LogP contribution in [-0.2, 0) is 0 Å². The van der Waals surface area contributed by atoms with Crippen LogP contribution in [0.4, 0.5) is 5.82 Å². The summed E-state index contributed by atoms with van der Waals surface area (Å²) in [6, 6.07) is 0.600. The van der Waals surface area contributed by atoms with E-state index in [0.29, 0.717) is 17.0 Å². The van der Waals surface area contributed by atoms with Crippen LogP contribution >= 0.6 is 11.6 Å². The van der Waals surface area contributed by atoms with Gasteiger partial charge in [0.1, 0.15) is 16.8 Å². The van der Waals surface area contributed by atoms with Crippen LogP contribution in [0.5, 0.6) is 0 Å². The van der Waals surface area contributed by atoms with Gasteiger partial charge < -0.3 is 10.2 Å². The van der Waals surface area contributed by atoms with Crippen molar-refractivity contribution < 1.29 is 0 Å². The number of nitrogens with one attached hydrogen (secondary N) is 1. The van der Waals surface area contributed by atoms with Gasteiger partial charge in [-0.25, -0.2) is 9.97 Å². The van der Waals surface area contributed by atoms with Crippen LogP contribution in [0.25, 0.3) is 0 Å². The Morgan fingerprint density at radius 3 is 2.82 bits per heavy atom. The summed E-state index contributed by atoms with van der Waals surface area (Å²) in [5.41, 5.74) is 0.929. The van der Waals surface area contributed by atoms with E-state index in [1.54, 1.807) is 0 Å². The van der Waals surface area contributed by atoms with Crippen molar-refractivity contribution in [2.75, 3.05) is 25.5 Å². The third-order valence-electron chi connectivity index (χ3n) is 3.37. The summed E-state index contributed by atoms with van der Waals surface area (Å²) in [6.07, 6.45) is 2.53. The quantitative estimate of drug-likeness (QED) is 0.840. The number of rotatable bonds is 3. The van der Waals surface area contributed by atoms with Gasteiger partial charge in [-0.2, -0.15) is 0 Å². The molecule has 0 spiro atoms. The molecule has 1 N–H and O–H groups in total. The maximum atomic E-state index is 6.04. The Kier molecular flexibility index (Phi) is 3.84. The van der Waals surface area contributed by atoms with Crippen LogP contribution in [0.2, 0.25) is 5.15 Å². The molecule has 1 aromatic heterocycles. The zero-order valence-electron chi connectivity index (χ0n) is 10.6. The summed E-state index contributed by atoms with van der Waals surface area (Å²) in [4.78, 5) is 10.9. The molecule has 1 saturated heterocycles. The van der Waals surface area contributed by atoms with Crippen LogP contribution < -0.4 is 5.32 Å². The SMILES string of the molecule is Cc1nc(Cl)c(C)c(NCC2CCCN2C)n1. The van der Waals surface area contributed by atoms with Crippen molar-refractivity contribution in [3.8, 4) is 0 Å². The molecule has 1 aliphatic heterocycles. The summed E-state index contributed by atoms with van der Waals surface area (Å²) in [7, 11) is 2.17. The van der Waals surface area contributed by atoms with Crippen molar-refractivity contribution in [3.05, 3.63) is 16.5 Å². The molecule has 1 fully saturated rings. The predicted molar refractivity (Wildman–Crippen MR) is 70.7 cm³/mol. The Labute approximate surface area is 107 Å². The highest BCUT2D eigenvalue weighted by Crippen LogP contribution is 2.21. The van der Waals surface area contributed by atoms with Crippen LogP contribution in [0, 0.1) is 13.8 Å². The second kappa shape index (κ2) is 5.19. The van der Waals surface area contributed by atoms with Gasteiger partial charge in [0.2, 0.25) is 0 Å². The molecule has 0 saturated carbocycles. The first-order valence-electron chi connectivity index (χ1n) is 6.03. The van der Waals surface area contributed by atoms with E-state index in [1.807, 2.05) is 13.8 Å². The fraction of sp³-hybridized carbons (Fsp3) is 0.667. The van der Waals surface area contributed by atoms with Crippen LogP contribution in [0.15, 0.2) is 0 Å². The molecule has 0 aromatic carbocycles. The van der Waals surface area contributed by atoms with Crippen molar-refractivity contribution in [1.29, 1.82) is 0 Å². The summed E-state index contributed by atoms with van der Waals surface area (Å²) in [5, 5.41) is 3.93. The van der Waals surface area contributed by atoms with E-state index >= 15 is 0 Å². The lowest BCUT2D eigenvalue weighted by atomic mass is 10.2. The number of hydrogen-bond acceptors (Lipinski definition) is 4. The Bertz CT molecular complexity index is 408. The summed E-state index contributed by atoms with van der Waals surface area (Å²) in [5.74, 6) is 1.57. The number of halogens is 1. The first-order chi connectivity index (χ1) is 8.08. The van der Waals surface area contributed by atoms with Crippen molar-refractivity contribution in [1.82, 2.24) is 14.9 Å². The molecule has 5 heteroatoms. The maximum absolute atomic E-state index is 6.04. The molecule has 1 unspecified atom stereocenters. The molecular weight excluding hydrogens is 236 g/mol. The normalized spacial score (nSPS) is 20.8. The van der Waals surface area contributed by atoms with Crippen LogP contribution in [0.3, 0.4) is 0 Å². The lowest BCUT2D eigenvalue weighted by Gasteiger charge is -2.20. The molecule has 1 aliphatic rings. The van der Waals surface area contributed by atoms with Crippen LogP contribution in [0.1, 0.15) is 24.2 Å². The average Bonchev–Trinajstić information content (AvgIpc) is 2.67. The number of nitrogens with zero attached hydrogens (tertiary/aromatic N) is 3. The largest absolute Gasteiger partial charge is 0.368 e. The van der Waals surface area contributed by atoms with Gasteiger partial charge in [0, 0.05) is 18.2 Å². The molecule has 1 aromatic rings. The number of anilines is 1. The Hall–Kier alpha value is -0.870. The fourth-order valence-electron chi connectivity index (χ4n) is 2.22. The Morgan fingerprint density at radius 1 is 1.41 bits per heavy atom. The standard InChI is InChI=1S/C12H19ClN4/c1-8-11(13)15-9(2)16-12(8)14-7-10-5-4-6-17(10)3/h10H,4-7H2,1-3H3,(H,14,15,16). The van der Waals surface area contributed by atoms with Gasteiger partial charge in [-0.1, -0.05) is 11.6 Å². The van der Waals surface area contributed by atoms with Gasteiger partial charge >= 0.3 is 0 Å². The minimum absolute atomic E-state index is 0.541. The van der Waals surface area contributed by atoms with Gasteiger partial charge in [-0.3, -0.25) is 0 Å². The fourth-order valence-corrected chi connectivity index (χ4v) is 2.43. The first kappa shape index (κ1) is 12.6. The topological polar surface area (TPSA) is 41.1 Å². The number of likely N-dealkylation sites (N-methyl/N-ethyl adjacent to an activating group) is 1. The summed E-state index contributed by atoms with van der Waals surface area (Å²) >= 11 is 6.04. The third-order valence-corrected chi connectivity index (χ3v) is 3.74. The lowest BCUT2D eigenvalue weighted by molar-refractivity contribution is 0.322. The van der Waals surface area contributed by atoms with E-state index in [9.17, 15) is 0 Å². The van der Waals surface area contributed by atoms with E-state index in [0.717, 1.165) is 17.9 Å². The van der Waals surface area contributed by atoms with Crippen molar-refractivity contribution in [3.63, 3.8) is 0 Å². The molecule has 2 rings (SSSR count). The van der Waals surface area contributed by atoms with E-state index in [1.165, 1.54) is 19.4 Å². The molecule has 0 aliphatic carbocycles. The molecule has 2 heterocycles. The van der Waals surface area contributed by atoms with Gasteiger partial charge in [-0.05, 0) is 40.3 Å². The summed E-state index contributed by atoms with van der Waals surface area (Å²) < 4.78 is 0. The van der Waals surface area contributed by atoms with Gasteiger partial charge in [0.25, 0.3) is 0 Å². The highest BCUT2D eigenvalue weighted by molar-refractivity contribution is 6.30. The summed E-state index contributed by atoms with van der Waals surface area (Å²) in [6.45, 7) is 5.92. The molecular formula is C12H19ClN4. The zero-order chi connectivity index (χ0) is 12.4. The van der Waals surface area contributed by atoms with Gasteiger partial charge in [0.15, 0.2) is 0 Å². The molecule has 0 bridgehead atoms. The number of likely N-dealkylation sites (tertiary alicyclic amines) is 1. The number of aryl methyl sites for hydroxylation is 1. The van der Waals surface area contributed by atoms with Crippen LogP contribution in [-0.4, -0.2) is 41.0 Å². The highest BCUT2D eigenvalue weighted by Gasteiger charge is 2.20. The minimum atomic E-state index is 0.541. The Morgan fingerprint density at radius 2 is 2.18 bits per heavy atom. The smallest absolute Gasteiger partial charge is 0.137 e. The average molecular weight is 255 g/mol. The monoisotopic (exact) mass is 254 g/mol. The first-order valence-corrected chi connectivity index (χ1v) is 6.40. The van der Waals surface area contributed by atoms with Crippen molar-refractivity contribution >= 4 is 17.4 Å².